The Balaban J connectivity index is 2.46. The lowest BCUT2D eigenvalue weighted by molar-refractivity contribution is 0.0978. The number of Topliss-reactive ketones (excluding diaryl/α,β-unsaturated/α-hetero) is 1. The number of methoxy groups -OCH3 is 1. The molecule has 4 nitrogen and oxygen atoms in total. The number of rotatable bonds is 3. The van der Waals surface area contributed by atoms with Crippen molar-refractivity contribution >= 4 is 15.6 Å². The van der Waals surface area contributed by atoms with E-state index >= 15 is 0 Å². The lowest BCUT2D eigenvalue weighted by atomic mass is 9.98. The Kier molecular flexibility index (Phi) is 4.18. The maximum Gasteiger partial charge on any atom is 0.184 e. The second kappa shape index (κ2) is 5.56. The summed E-state index contributed by atoms with van der Waals surface area (Å²) in [5, 5.41) is -0.910. The van der Waals surface area contributed by atoms with Gasteiger partial charge in [-0.1, -0.05) is 12.5 Å². The molecule has 20 heavy (non-hydrogen) atoms. The molecule has 1 fully saturated rings. The van der Waals surface area contributed by atoms with Crippen molar-refractivity contribution in [3.63, 3.8) is 0 Å². The van der Waals surface area contributed by atoms with E-state index in [0.29, 0.717) is 24.2 Å². The van der Waals surface area contributed by atoms with E-state index in [1.54, 1.807) is 6.07 Å². The zero-order valence-corrected chi connectivity index (χ0v) is 12.9. The van der Waals surface area contributed by atoms with Crippen LogP contribution >= 0.6 is 0 Å². The first-order valence-corrected chi connectivity index (χ1v) is 8.50. The molecule has 0 spiro atoms. The molecule has 0 saturated carbocycles. The lowest BCUT2D eigenvalue weighted by Crippen LogP contribution is -2.35. The summed E-state index contributed by atoms with van der Waals surface area (Å²) in [7, 11) is -1.82. The zero-order valence-electron chi connectivity index (χ0n) is 12.1. The van der Waals surface area contributed by atoms with Crippen molar-refractivity contribution in [3.05, 3.63) is 28.8 Å². The molecular formula is C15H20O4S. The van der Waals surface area contributed by atoms with Gasteiger partial charge < -0.3 is 4.74 Å². The molecule has 0 amide bonds. The summed E-state index contributed by atoms with van der Waals surface area (Å²) < 4.78 is 29.5. The molecule has 0 N–H and O–H groups in total. The Labute approximate surface area is 120 Å². The third kappa shape index (κ3) is 2.59. The van der Waals surface area contributed by atoms with Crippen molar-refractivity contribution in [2.45, 2.75) is 38.4 Å². The predicted molar refractivity (Wildman–Crippen MR) is 78.2 cm³/mol. The van der Waals surface area contributed by atoms with Crippen LogP contribution in [0.1, 0.15) is 40.7 Å². The van der Waals surface area contributed by atoms with Gasteiger partial charge in [-0.3, -0.25) is 4.79 Å². The lowest BCUT2D eigenvalue weighted by Gasteiger charge is -2.22. The van der Waals surface area contributed by atoms with Crippen LogP contribution in [0, 0.1) is 13.8 Å². The number of hydrogen-bond donors (Lipinski definition) is 0. The molecule has 1 atom stereocenters. The van der Waals surface area contributed by atoms with E-state index in [9.17, 15) is 13.2 Å². The second-order valence-corrected chi connectivity index (χ2v) is 7.61. The van der Waals surface area contributed by atoms with Gasteiger partial charge in [-0.15, -0.1) is 0 Å². The largest absolute Gasteiger partial charge is 0.496 e. The molecule has 1 aromatic rings. The molecule has 1 aromatic carbocycles. The fraction of sp³-hybridized carbons (Fsp3) is 0.533. The van der Waals surface area contributed by atoms with Gasteiger partial charge >= 0.3 is 0 Å². The van der Waals surface area contributed by atoms with E-state index in [-0.39, 0.29) is 11.5 Å². The van der Waals surface area contributed by atoms with Crippen molar-refractivity contribution in [2.75, 3.05) is 12.9 Å². The molecule has 0 radical (unpaired) electrons. The van der Waals surface area contributed by atoms with Crippen molar-refractivity contribution in [3.8, 4) is 5.75 Å². The number of carbonyl (C=O) groups excluding carboxylic acids is 1. The van der Waals surface area contributed by atoms with Crippen LogP contribution in [0.3, 0.4) is 0 Å². The van der Waals surface area contributed by atoms with E-state index in [4.69, 9.17) is 4.74 Å². The molecule has 5 heteroatoms. The Morgan fingerprint density at radius 1 is 1.25 bits per heavy atom. The summed E-state index contributed by atoms with van der Waals surface area (Å²) in [5.74, 6) is 0.275. The third-order valence-electron chi connectivity index (χ3n) is 4.02. The minimum Gasteiger partial charge on any atom is -0.496 e. The molecule has 1 unspecified atom stereocenters. The molecule has 110 valence electrons. The van der Waals surface area contributed by atoms with Crippen LogP contribution in [-0.2, 0) is 9.84 Å². The summed E-state index contributed by atoms with van der Waals surface area (Å²) in [6.07, 6.45) is 1.84. The minimum atomic E-state index is -3.32. The van der Waals surface area contributed by atoms with Crippen LogP contribution in [0.15, 0.2) is 12.1 Å². The molecule has 1 aliphatic heterocycles. The number of ether oxygens (including phenoxy) is 1. The Morgan fingerprint density at radius 3 is 2.55 bits per heavy atom. The van der Waals surface area contributed by atoms with Crippen molar-refractivity contribution < 1.29 is 17.9 Å². The second-order valence-electron chi connectivity index (χ2n) is 5.30. The van der Waals surface area contributed by atoms with Crippen LogP contribution in [0.25, 0.3) is 0 Å². The number of benzene rings is 1. The predicted octanol–water partition coefficient (Wildman–Crippen LogP) is 2.46. The first-order valence-electron chi connectivity index (χ1n) is 6.78. The number of ketones is 1. The Bertz CT molecular complexity index is 632. The van der Waals surface area contributed by atoms with Gasteiger partial charge in [-0.05, 0) is 43.9 Å². The number of hydrogen-bond acceptors (Lipinski definition) is 4. The fourth-order valence-corrected chi connectivity index (χ4v) is 4.54. The normalized spacial score (nSPS) is 21.4. The topological polar surface area (TPSA) is 60.4 Å². The zero-order chi connectivity index (χ0) is 14.9. The fourth-order valence-electron chi connectivity index (χ4n) is 2.67. The van der Waals surface area contributed by atoms with Gasteiger partial charge in [0.1, 0.15) is 11.0 Å². The van der Waals surface area contributed by atoms with E-state index in [0.717, 1.165) is 17.5 Å². The summed E-state index contributed by atoms with van der Waals surface area (Å²) in [6, 6.07) is 3.51. The van der Waals surface area contributed by atoms with Crippen molar-refractivity contribution in [2.24, 2.45) is 0 Å². The van der Waals surface area contributed by atoms with Gasteiger partial charge in [0.2, 0.25) is 0 Å². The quantitative estimate of drug-likeness (QED) is 0.804. The average molecular weight is 296 g/mol. The molecule has 1 saturated heterocycles. The Hall–Kier alpha value is -1.36. The number of sulfone groups is 1. The summed E-state index contributed by atoms with van der Waals surface area (Å²) >= 11 is 0. The van der Waals surface area contributed by atoms with Crippen molar-refractivity contribution in [1.82, 2.24) is 0 Å². The summed E-state index contributed by atoms with van der Waals surface area (Å²) in [5.41, 5.74) is 2.28. The molecule has 0 bridgehead atoms. The molecule has 1 aliphatic rings. The SMILES string of the molecule is COc1c(C(=O)C2CCCCS2(=O)=O)ccc(C)c1C. The number of aryl methyl sites for hydroxylation is 1. The van der Waals surface area contributed by atoms with Gasteiger partial charge in [0, 0.05) is 0 Å². The third-order valence-corrected chi connectivity index (χ3v) is 6.19. The molecule has 0 aliphatic carbocycles. The van der Waals surface area contributed by atoms with Crippen molar-refractivity contribution in [1.29, 1.82) is 0 Å². The molecule has 1 heterocycles. The van der Waals surface area contributed by atoms with E-state index in [2.05, 4.69) is 0 Å². The van der Waals surface area contributed by atoms with Crippen LogP contribution < -0.4 is 4.74 Å². The van der Waals surface area contributed by atoms with Gasteiger partial charge in [0.15, 0.2) is 15.6 Å². The molecule has 2 rings (SSSR count). The monoisotopic (exact) mass is 296 g/mol. The minimum absolute atomic E-state index is 0.108. The van der Waals surface area contributed by atoms with Gasteiger partial charge in [-0.25, -0.2) is 8.42 Å². The van der Waals surface area contributed by atoms with Crippen LogP contribution in [-0.4, -0.2) is 32.3 Å². The maximum absolute atomic E-state index is 12.6. The van der Waals surface area contributed by atoms with E-state index in [1.165, 1.54) is 7.11 Å². The average Bonchev–Trinajstić information content (AvgIpc) is 2.40. The molecular weight excluding hydrogens is 276 g/mol. The highest BCUT2D eigenvalue weighted by Crippen LogP contribution is 2.31. The Morgan fingerprint density at radius 2 is 1.95 bits per heavy atom. The standard InChI is InChI=1S/C15H20O4S/c1-10-7-8-12(15(19-3)11(10)2)14(16)13-6-4-5-9-20(13,17)18/h7-8,13H,4-6,9H2,1-3H3. The smallest absolute Gasteiger partial charge is 0.184 e. The first-order chi connectivity index (χ1) is 9.38. The van der Waals surface area contributed by atoms with Gasteiger partial charge in [-0.2, -0.15) is 0 Å². The van der Waals surface area contributed by atoms with Crippen LogP contribution in [0.2, 0.25) is 0 Å². The highest BCUT2D eigenvalue weighted by atomic mass is 32.2. The molecule has 0 aromatic heterocycles. The summed E-state index contributed by atoms with van der Waals surface area (Å²) in [4.78, 5) is 12.6. The maximum atomic E-state index is 12.6. The van der Waals surface area contributed by atoms with Crippen LogP contribution in [0.5, 0.6) is 5.75 Å². The van der Waals surface area contributed by atoms with Gasteiger partial charge in [0.25, 0.3) is 0 Å². The first kappa shape index (κ1) is 15.0. The van der Waals surface area contributed by atoms with E-state index < -0.39 is 15.1 Å². The van der Waals surface area contributed by atoms with E-state index in [1.807, 2.05) is 19.9 Å². The highest BCUT2D eigenvalue weighted by Gasteiger charge is 2.36. The number of carbonyl (C=O) groups is 1. The summed E-state index contributed by atoms with van der Waals surface area (Å²) in [6.45, 7) is 3.81. The van der Waals surface area contributed by atoms with Crippen LogP contribution in [0.4, 0.5) is 0 Å². The highest BCUT2D eigenvalue weighted by molar-refractivity contribution is 7.92. The van der Waals surface area contributed by atoms with Gasteiger partial charge in [0.05, 0.1) is 18.4 Å².